The normalized spacial score (nSPS) is 18.0. The van der Waals surface area contributed by atoms with Crippen LogP contribution in [0.2, 0.25) is 0 Å². The Kier molecular flexibility index (Phi) is 8.07. The third-order valence-electron chi connectivity index (χ3n) is 5.77. The zero-order valence-electron chi connectivity index (χ0n) is 18.5. The van der Waals surface area contributed by atoms with Crippen molar-refractivity contribution in [3.05, 3.63) is 29.8 Å². The van der Waals surface area contributed by atoms with Crippen molar-refractivity contribution in [1.82, 2.24) is 14.1 Å². The van der Waals surface area contributed by atoms with E-state index < -0.39 is 10.0 Å². The number of amides is 1. The molecule has 1 aliphatic carbocycles. The maximum absolute atomic E-state index is 12.9. The van der Waals surface area contributed by atoms with Crippen molar-refractivity contribution in [2.75, 3.05) is 52.4 Å². The second-order valence-corrected chi connectivity index (χ2v) is 10.3. The summed E-state index contributed by atoms with van der Waals surface area (Å²) in [6.07, 6.45) is 2.45. The average molecular weight is 452 g/mol. The zero-order valence-corrected chi connectivity index (χ0v) is 19.3. The number of nitrogens with zero attached hydrogens (tertiary/aromatic N) is 3. The molecule has 9 heteroatoms. The van der Waals surface area contributed by atoms with Gasteiger partial charge in [0.05, 0.1) is 24.5 Å². The molecule has 0 radical (unpaired) electrons. The lowest BCUT2D eigenvalue weighted by Crippen LogP contribution is -2.51. The predicted octanol–water partition coefficient (Wildman–Crippen LogP) is 1.49. The van der Waals surface area contributed by atoms with E-state index >= 15 is 0 Å². The largest absolute Gasteiger partial charge is 0.466 e. The fraction of sp³-hybridized carbons (Fsp3) is 0.636. The first kappa shape index (κ1) is 23.7. The summed E-state index contributed by atoms with van der Waals surface area (Å²) in [7, 11) is -3.52. The lowest BCUT2D eigenvalue weighted by Gasteiger charge is -2.34. The molecule has 1 heterocycles. The molecule has 1 aliphatic heterocycles. The first-order valence-corrected chi connectivity index (χ1v) is 12.5. The minimum atomic E-state index is -3.52. The zero-order chi connectivity index (χ0) is 22.4. The van der Waals surface area contributed by atoms with Gasteiger partial charge in [-0.1, -0.05) is 17.7 Å². The lowest BCUT2D eigenvalue weighted by molar-refractivity contribution is -0.144. The van der Waals surface area contributed by atoms with Crippen molar-refractivity contribution in [2.45, 2.75) is 38.0 Å². The number of esters is 1. The fourth-order valence-electron chi connectivity index (χ4n) is 3.67. The molecule has 0 spiro atoms. The first-order valence-electron chi connectivity index (χ1n) is 11.0. The van der Waals surface area contributed by atoms with Crippen molar-refractivity contribution in [2.24, 2.45) is 5.92 Å². The van der Waals surface area contributed by atoms with E-state index in [1.807, 2.05) is 11.8 Å². The highest BCUT2D eigenvalue weighted by atomic mass is 32.2. The SMILES string of the molecule is CCOC(=O)CCN(CC1CC1)C(=O)CN1CCN(S(=O)(=O)c2ccc(C)cc2)CC1. The predicted molar refractivity (Wildman–Crippen MR) is 117 cm³/mol. The van der Waals surface area contributed by atoms with Crippen molar-refractivity contribution < 1.29 is 22.7 Å². The van der Waals surface area contributed by atoms with Crippen LogP contribution in [0, 0.1) is 12.8 Å². The van der Waals surface area contributed by atoms with Crippen LogP contribution in [0.4, 0.5) is 0 Å². The number of sulfonamides is 1. The Morgan fingerprint density at radius 1 is 1.10 bits per heavy atom. The summed E-state index contributed by atoms with van der Waals surface area (Å²) >= 11 is 0. The number of carbonyl (C=O) groups is 2. The monoisotopic (exact) mass is 451 g/mol. The molecule has 1 saturated carbocycles. The molecule has 1 aromatic carbocycles. The molecule has 1 amide bonds. The van der Waals surface area contributed by atoms with Crippen LogP contribution in [-0.2, 0) is 24.3 Å². The van der Waals surface area contributed by atoms with Crippen LogP contribution in [0.5, 0.6) is 0 Å². The molecular weight excluding hydrogens is 418 g/mol. The molecule has 0 unspecified atom stereocenters. The number of carbonyl (C=O) groups excluding carboxylic acids is 2. The van der Waals surface area contributed by atoms with E-state index in [1.165, 1.54) is 4.31 Å². The highest BCUT2D eigenvalue weighted by molar-refractivity contribution is 7.89. The molecule has 8 nitrogen and oxygen atoms in total. The highest BCUT2D eigenvalue weighted by Gasteiger charge is 2.31. The van der Waals surface area contributed by atoms with Gasteiger partial charge in [0, 0.05) is 39.3 Å². The molecule has 2 aliphatic rings. The molecule has 31 heavy (non-hydrogen) atoms. The van der Waals surface area contributed by atoms with E-state index in [4.69, 9.17) is 4.74 Å². The van der Waals surface area contributed by atoms with Crippen LogP contribution >= 0.6 is 0 Å². The van der Waals surface area contributed by atoms with E-state index in [0.717, 1.165) is 18.4 Å². The van der Waals surface area contributed by atoms with Gasteiger partial charge in [0.25, 0.3) is 0 Å². The lowest BCUT2D eigenvalue weighted by atomic mass is 10.2. The topological polar surface area (TPSA) is 87.2 Å². The Hall–Kier alpha value is -1.97. The van der Waals surface area contributed by atoms with Crippen LogP contribution in [0.3, 0.4) is 0 Å². The van der Waals surface area contributed by atoms with Gasteiger partial charge in [-0.2, -0.15) is 4.31 Å². The minimum absolute atomic E-state index is 0.00830. The third kappa shape index (κ3) is 6.75. The van der Waals surface area contributed by atoms with Crippen molar-refractivity contribution in [3.63, 3.8) is 0 Å². The molecule has 1 saturated heterocycles. The quantitative estimate of drug-likeness (QED) is 0.501. The number of rotatable bonds is 10. The van der Waals surface area contributed by atoms with E-state index in [-0.39, 0.29) is 24.8 Å². The maximum Gasteiger partial charge on any atom is 0.307 e. The Morgan fingerprint density at radius 3 is 2.32 bits per heavy atom. The second-order valence-electron chi connectivity index (χ2n) is 8.33. The minimum Gasteiger partial charge on any atom is -0.466 e. The Bertz CT molecular complexity index is 860. The molecule has 3 rings (SSSR count). The van der Waals surface area contributed by atoms with Crippen LogP contribution < -0.4 is 0 Å². The van der Waals surface area contributed by atoms with E-state index in [0.29, 0.717) is 56.7 Å². The van der Waals surface area contributed by atoms with E-state index in [2.05, 4.69) is 0 Å². The van der Waals surface area contributed by atoms with Gasteiger partial charge in [0.2, 0.25) is 15.9 Å². The highest BCUT2D eigenvalue weighted by Crippen LogP contribution is 2.30. The van der Waals surface area contributed by atoms with Crippen LogP contribution in [0.15, 0.2) is 29.2 Å². The molecule has 2 fully saturated rings. The Morgan fingerprint density at radius 2 is 1.74 bits per heavy atom. The smallest absolute Gasteiger partial charge is 0.307 e. The van der Waals surface area contributed by atoms with Gasteiger partial charge < -0.3 is 9.64 Å². The van der Waals surface area contributed by atoms with Gasteiger partial charge in [0.15, 0.2) is 0 Å². The maximum atomic E-state index is 12.9. The number of aryl methyl sites for hydroxylation is 1. The number of piperazine rings is 1. The van der Waals surface area contributed by atoms with Crippen LogP contribution in [0.25, 0.3) is 0 Å². The Labute approximate surface area is 185 Å². The standard InChI is InChI=1S/C22H33N3O5S/c1-3-30-22(27)10-11-24(16-19-6-7-19)21(26)17-23-12-14-25(15-13-23)31(28,29)20-8-4-18(2)5-9-20/h4-5,8-9,19H,3,6-7,10-17H2,1-2H3. The van der Waals surface area contributed by atoms with Crippen LogP contribution in [0.1, 0.15) is 31.7 Å². The van der Waals surface area contributed by atoms with Gasteiger partial charge >= 0.3 is 5.97 Å². The van der Waals surface area contributed by atoms with E-state index in [9.17, 15) is 18.0 Å². The summed E-state index contributed by atoms with van der Waals surface area (Å²) in [6, 6.07) is 6.87. The Balaban J connectivity index is 1.51. The van der Waals surface area contributed by atoms with Gasteiger partial charge in [0.1, 0.15) is 0 Å². The number of benzene rings is 1. The number of hydrogen-bond donors (Lipinski definition) is 0. The van der Waals surface area contributed by atoms with Crippen molar-refractivity contribution >= 4 is 21.9 Å². The van der Waals surface area contributed by atoms with E-state index in [1.54, 1.807) is 36.1 Å². The molecule has 0 atom stereocenters. The summed E-state index contributed by atoms with van der Waals surface area (Å²) in [6.45, 7) is 7.05. The second kappa shape index (κ2) is 10.6. The molecule has 0 N–H and O–H groups in total. The molecular formula is C22H33N3O5S. The van der Waals surface area contributed by atoms with Gasteiger partial charge in [-0.25, -0.2) is 8.42 Å². The first-order chi connectivity index (χ1) is 14.8. The van der Waals surface area contributed by atoms with Gasteiger partial charge in [-0.05, 0) is 44.7 Å². The van der Waals surface area contributed by atoms with Crippen molar-refractivity contribution in [1.29, 1.82) is 0 Å². The summed E-state index contributed by atoms with van der Waals surface area (Å²) in [5.74, 6) is 0.236. The molecule has 0 bridgehead atoms. The van der Waals surface area contributed by atoms with Crippen molar-refractivity contribution in [3.8, 4) is 0 Å². The summed E-state index contributed by atoms with van der Waals surface area (Å²) < 4.78 is 32.2. The van der Waals surface area contributed by atoms with Gasteiger partial charge in [-0.15, -0.1) is 0 Å². The summed E-state index contributed by atoms with van der Waals surface area (Å²) in [5, 5.41) is 0. The summed E-state index contributed by atoms with van der Waals surface area (Å²) in [4.78, 5) is 28.6. The number of ether oxygens (including phenoxy) is 1. The van der Waals surface area contributed by atoms with Crippen LogP contribution in [-0.4, -0.2) is 86.8 Å². The fourth-order valence-corrected chi connectivity index (χ4v) is 5.09. The molecule has 1 aromatic rings. The average Bonchev–Trinajstić information content (AvgIpc) is 3.56. The summed E-state index contributed by atoms with van der Waals surface area (Å²) in [5.41, 5.74) is 1.01. The third-order valence-corrected chi connectivity index (χ3v) is 7.68. The number of hydrogen-bond acceptors (Lipinski definition) is 6. The van der Waals surface area contributed by atoms with Gasteiger partial charge in [-0.3, -0.25) is 14.5 Å². The molecule has 172 valence electrons. The molecule has 0 aromatic heterocycles.